The second-order valence-corrected chi connectivity index (χ2v) is 8.47. The summed E-state index contributed by atoms with van der Waals surface area (Å²) in [5, 5.41) is 12.0. The molecule has 0 spiro atoms. The minimum atomic E-state index is 0.0462. The topological polar surface area (TPSA) is 59.4 Å². The van der Waals surface area contributed by atoms with Crippen LogP contribution in [0.4, 0.5) is 5.69 Å². The van der Waals surface area contributed by atoms with Gasteiger partial charge < -0.3 is 5.32 Å². The van der Waals surface area contributed by atoms with Gasteiger partial charge in [-0.25, -0.2) is 0 Å². The van der Waals surface area contributed by atoms with Crippen LogP contribution in [0.15, 0.2) is 42.5 Å². The third-order valence-electron chi connectivity index (χ3n) is 5.00. The van der Waals surface area contributed by atoms with Gasteiger partial charge in [0.25, 0.3) is 0 Å². The SMILES string of the molecule is Cc1cc(I)ccc1NC(=O)CN1CCCN(Cc2ccc(C#N)cc2)CC1. The van der Waals surface area contributed by atoms with Crippen LogP contribution in [-0.4, -0.2) is 48.4 Å². The summed E-state index contributed by atoms with van der Waals surface area (Å²) >= 11 is 2.28. The van der Waals surface area contributed by atoms with Crippen molar-refractivity contribution in [1.29, 1.82) is 5.26 Å². The highest BCUT2D eigenvalue weighted by Crippen LogP contribution is 2.18. The van der Waals surface area contributed by atoms with E-state index in [-0.39, 0.29) is 5.91 Å². The molecule has 2 aromatic rings. The van der Waals surface area contributed by atoms with Crippen LogP contribution in [0.5, 0.6) is 0 Å². The number of hydrogen-bond acceptors (Lipinski definition) is 4. The predicted octanol–water partition coefficient (Wildman–Crippen LogP) is 3.62. The molecule has 2 aromatic carbocycles. The van der Waals surface area contributed by atoms with E-state index >= 15 is 0 Å². The van der Waals surface area contributed by atoms with Crippen molar-refractivity contribution in [2.24, 2.45) is 0 Å². The Morgan fingerprint density at radius 2 is 1.82 bits per heavy atom. The van der Waals surface area contributed by atoms with Gasteiger partial charge in [-0.05, 0) is 90.5 Å². The molecule has 1 heterocycles. The number of benzene rings is 2. The highest BCUT2D eigenvalue weighted by Gasteiger charge is 2.17. The minimum absolute atomic E-state index is 0.0462. The zero-order valence-corrected chi connectivity index (χ0v) is 18.3. The molecule has 0 atom stereocenters. The maximum absolute atomic E-state index is 12.5. The Kier molecular flexibility index (Phi) is 7.43. The lowest BCUT2D eigenvalue weighted by atomic mass is 10.1. The van der Waals surface area contributed by atoms with Gasteiger partial charge in [-0.15, -0.1) is 0 Å². The van der Waals surface area contributed by atoms with Crippen molar-refractivity contribution in [3.63, 3.8) is 0 Å². The van der Waals surface area contributed by atoms with Gasteiger partial charge >= 0.3 is 0 Å². The van der Waals surface area contributed by atoms with Crippen molar-refractivity contribution in [3.8, 4) is 6.07 Å². The molecule has 1 aliphatic heterocycles. The van der Waals surface area contributed by atoms with E-state index in [4.69, 9.17) is 5.26 Å². The summed E-state index contributed by atoms with van der Waals surface area (Å²) < 4.78 is 1.17. The van der Waals surface area contributed by atoms with E-state index < -0.39 is 0 Å². The largest absolute Gasteiger partial charge is 0.325 e. The number of nitrogens with one attached hydrogen (secondary N) is 1. The zero-order valence-electron chi connectivity index (χ0n) is 16.1. The maximum atomic E-state index is 12.5. The summed E-state index contributed by atoms with van der Waals surface area (Å²) in [6, 6.07) is 16.0. The first-order valence-corrected chi connectivity index (χ1v) is 10.6. The van der Waals surface area contributed by atoms with E-state index in [9.17, 15) is 4.79 Å². The van der Waals surface area contributed by atoms with Crippen LogP contribution >= 0.6 is 22.6 Å². The summed E-state index contributed by atoms with van der Waals surface area (Å²) in [6.07, 6.45) is 1.05. The van der Waals surface area contributed by atoms with E-state index in [2.05, 4.69) is 49.8 Å². The van der Waals surface area contributed by atoms with Gasteiger partial charge in [-0.2, -0.15) is 5.26 Å². The Labute approximate surface area is 180 Å². The zero-order chi connectivity index (χ0) is 19.9. The molecule has 1 N–H and O–H groups in total. The number of carbonyl (C=O) groups is 1. The number of anilines is 1. The van der Waals surface area contributed by atoms with Crippen molar-refractivity contribution in [2.75, 3.05) is 38.0 Å². The average Bonchev–Trinajstić information content (AvgIpc) is 2.90. The number of nitriles is 1. The monoisotopic (exact) mass is 488 g/mol. The molecule has 1 amide bonds. The van der Waals surface area contributed by atoms with Gasteiger partial charge in [-0.1, -0.05) is 12.1 Å². The molecule has 6 heteroatoms. The van der Waals surface area contributed by atoms with Crippen molar-refractivity contribution in [3.05, 3.63) is 62.7 Å². The highest BCUT2D eigenvalue weighted by molar-refractivity contribution is 14.1. The normalized spacial score (nSPS) is 15.6. The molecule has 0 aromatic heterocycles. The van der Waals surface area contributed by atoms with Crippen molar-refractivity contribution < 1.29 is 4.79 Å². The van der Waals surface area contributed by atoms with E-state index in [1.165, 1.54) is 9.13 Å². The number of carbonyl (C=O) groups excluding carboxylic acids is 1. The lowest BCUT2D eigenvalue weighted by Gasteiger charge is -2.21. The van der Waals surface area contributed by atoms with Crippen molar-refractivity contribution >= 4 is 34.2 Å². The number of nitrogens with zero attached hydrogens (tertiary/aromatic N) is 3. The molecule has 5 nitrogen and oxygen atoms in total. The van der Waals surface area contributed by atoms with Gasteiger partial charge in [0.2, 0.25) is 5.91 Å². The maximum Gasteiger partial charge on any atom is 0.238 e. The fourth-order valence-electron chi connectivity index (χ4n) is 3.44. The third-order valence-corrected chi connectivity index (χ3v) is 5.67. The number of aryl methyl sites for hydroxylation is 1. The first kappa shape index (κ1) is 20.8. The molecule has 0 bridgehead atoms. The summed E-state index contributed by atoms with van der Waals surface area (Å²) in [5.41, 5.74) is 3.90. The average molecular weight is 488 g/mol. The predicted molar refractivity (Wildman–Crippen MR) is 120 cm³/mol. The van der Waals surface area contributed by atoms with E-state index in [1.807, 2.05) is 43.3 Å². The van der Waals surface area contributed by atoms with Crippen LogP contribution in [0, 0.1) is 21.8 Å². The molecular formula is C22H25IN4O. The second kappa shape index (κ2) is 10.0. The molecule has 0 aliphatic carbocycles. The van der Waals surface area contributed by atoms with E-state index in [0.717, 1.165) is 50.4 Å². The lowest BCUT2D eigenvalue weighted by Crippen LogP contribution is -2.36. The molecule has 0 unspecified atom stereocenters. The van der Waals surface area contributed by atoms with E-state index in [1.54, 1.807) is 0 Å². The van der Waals surface area contributed by atoms with Crippen molar-refractivity contribution in [1.82, 2.24) is 9.80 Å². The van der Waals surface area contributed by atoms with Gasteiger partial charge in [0.1, 0.15) is 0 Å². The first-order valence-electron chi connectivity index (χ1n) is 9.53. The number of amides is 1. The van der Waals surface area contributed by atoms with Gasteiger partial charge in [-0.3, -0.25) is 14.6 Å². The Balaban J connectivity index is 1.49. The molecule has 1 saturated heterocycles. The molecule has 146 valence electrons. The number of halogens is 1. The molecule has 0 radical (unpaired) electrons. The molecule has 0 saturated carbocycles. The van der Waals surface area contributed by atoms with Crippen LogP contribution in [0.1, 0.15) is 23.1 Å². The third kappa shape index (κ3) is 6.03. The highest BCUT2D eigenvalue weighted by atomic mass is 127. The quantitative estimate of drug-likeness (QED) is 0.654. The van der Waals surface area contributed by atoms with Crippen LogP contribution in [0.25, 0.3) is 0 Å². The molecule has 3 rings (SSSR count). The Morgan fingerprint density at radius 3 is 2.54 bits per heavy atom. The number of hydrogen-bond donors (Lipinski definition) is 1. The summed E-state index contributed by atoms with van der Waals surface area (Å²) in [5.74, 6) is 0.0462. The van der Waals surface area contributed by atoms with Gasteiger partial charge in [0, 0.05) is 28.9 Å². The van der Waals surface area contributed by atoms with Crippen LogP contribution in [0.2, 0.25) is 0 Å². The minimum Gasteiger partial charge on any atom is -0.325 e. The summed E-state index contributed by atoms with van der Waals surface area (Å²) in [6.45, 7) is 7.11. The Bertz CT molecular complexity index is 860. The molecular weight excluding hydrogens is 463 g/mol. The van der Waals surface area contributed by atoms with Crippen LogP contribution in [-0.2, 0) is 11.3 Å². The number of rotatable bonds is 5. The van der Waals surface area contributed by atoms with Crippen LogP contribution < -0.4 is 5.32 Å². The fraction of sp³-hybridized carbons (Fsp3) is 0.364. The molecule has 1 fully saturated rings. The molecule has 28 heavy (non-hydrogen) atoms. The summed E-state index contributed by atoms with van der Waals surface area (Å²) in [7, 11) is 0. The van der Waals surface area contributed by atoms with Crippen molar-refractivity contribution in [2.45, 2.75) is 19.9 Å². The van der Waals surface area contributed by atoms with Crippen LogP contribution in [0.3, 0.4) is 0 Å². The van der Waals surface area contributed by atoms with Gasteiger partial charge in [0.15, 0.2) is 0 Å². The Morgan fingerprint density at radius 1 is 1.11 bits per heavy atom. The molecule has 1 aliphatic rings. The summed E-state index contributed by atoms with van der Waals surface area (Å²) in [4.78, 5) is 17.1. The lowest BCUT2D eigenvalue weighted by molar-refractivity contribution is -0.117. The first-order chi connectivity index (χ1) is 13.5. The smallest absolute Gasteiger partial charge is 0.238 e. The second-order valence-electron chi connectivity index (χ2n) is 7.22. The fourth-order valence-corrected chi connectivity index (χ4v) is 4.09. The van der Waals surface area contributed by atoms with E-state index in [0.29, 0.717) is 12.1 Å². The standard InChI is InChI=1S/C22H25IN4O/c1-17-13-20(23)7-8-21(17)25-22(28)16-27-10-2-9-26(11-12-27)15-19-5-3-18(14-24)4-6-19/h3-8,13H,2,9-12,15-16H2,1H3,(H,25,28). The Hall–Kier alpha value is -1.95. The van der Waals surface area contributed by atoms with Gasteiger partial charge in [0.05, 0.1) is 18.2 Å².